The quantitative estimate of drug-likeness (QED) is 0.347. The summed E-state index contributed by atoms with van der Waals surface area (Å²) < 4.78 is 10.6. The first-order valence-corrected chi connectivity index (χ1v) is 8.68. The molecule has 0 aliphatic heterocycles. The number of ether oxygens (including phenoxy) is 2. The van der Waals surface area contributed by atoms with Crippen molar-refractivity contribution in [3.8, 4) is 0 Å². The van der Waals surface area contributed by atoms with Crippen molar-refractivity contribution in [2.24, 2.45) is 5.92 Å². The predicted octanol–water partition coefficient (Wildman–Crippen LogP) is 0.121. The second kappa shape index (κ2) is 14.2. The topological polar surface area (TPSA) is 131 Å². The van der Waals surface area contributed by atoms with E-state index in [0.717, 1.165) is 0 Å². The number of amides is 2. The summed E-state index contributed by atoms with van der Waals surface area (Å²) in [7, 11) is 0. The fourth-order valence-corrected chi connectivity index (χ4v) is 1.91. The highest BCUT2D eigenvalue weighted by Crippen LogP contribution is 1.99. The van der Waals surface area contributed by atoms with E-state index in [9.17, 15) is 19.2 Å². The van der Waals surface area contributed by atoms with Gasteiger partial charge in [0.25, 0.3) is 0 Å². The molecule has 3 N–H and O–H groups in total. The molecule has 1 atom stereocenters. The second-order valence-electron chi connectivity index (χ2n) is 6.08. The molecule has 0 radical (unpaired) electrons. The first kappa shape index (κ1) is 24.0. The number of hydrogen-bond donors (Lipinski definition) is 3. The summed E-state index contributed by atoms with van der Waals surface area (Å²) in [4.78, 5) is 44.8. The van der Waals surface area contributed by atoms with Crippen LogP contribution in [0.3, 0.4) is 0 Å². The van der Waals surface area contributed by atoms with Crippen LogP contribution in [0.5, 0.6) is 0 Å². The Kier molecular flexibility index (Phi) is 13.1. The number of rotatable bonds is 15. The molecule has 0 aromatic rings. The Hall–Kier alpha value is -2.00. The molecule has 0 aromatic heterocycles. The molecule has 0 bridgehead atoms. The van der Waals surface area contributed by atoms with E-state index in [0.29, 0.717) is 39.4 Å². The standard InChI is InChI=1S/C17H30N2O7/c1-12(2)15(21)6-8-25-10-11-26-9-7-18-16(22)5-4-14(17(23)24)19-13(3)20/h12,14H,4-11H2,1-3H3,(H,18,22)(H,19,20)(H,23,24)/t14-/m0/s1. The number of aliphatic carboxylic acids is 1. The highest BCUT2D eigenvalue weighted by atomic mass is 16.5. The van der Waals surface area contributed by atoms with E-state index in [-0.39, 0.29) is 30.4 Å². The van der Waals surface area contributed by atoms with Gasteiger partial charge in [-0.25, -0.2) is 4.79 Å². The van der Waals surface area contributed by atoms with Crippen molar-refractivity contribution in [2.75, 3.05) is 33.0 Å². The van der Waals surface area contributed by atoms with Gasteiger partial charge in [-0.1, -0.05) is 13.8 Å². The van der Waals surface area contributed by atoms with E-state index in [1.165, 1.54) is 6.92 Å². The smallest absolute Gasteiger partial charge is 0.326 e. The minimum atomic E-state index is -1.17. The Morgan fingerprint density at radius 2 is 1.58 bits per heavy atom. The van der Waals surface area contributed by atoms with Crippen LogP contribution in [0.2, 0.25) is 0 Å². The minimum Gasteiger partial charge on any atom is -0.480 e. The van der Waals surface area contributed by atoms with Crippen molar-refractivity contribution in [1.82, 2.24) is 10.6 Å². The van der Waals surface area contributed by atoms with Crippen LogP contribution in [-0.2, 0) is 28.7 Å². The first-order valence-electron chi connectivity index (χ1n) is 8.68. The number of carbonyl (C=O) groups excluding carboxylic acids is 3. The summed E-state index contributed by atoms with van der Waals surface area (Å²) in [5.41, 5.74) is 0. The number of carbonyl (C=O) groups is 4. The molecule has 9 nitrogen and oxygen atoms in total. The van der Waals surface area contributed by atoms with E-state index in [2.05, 4.69) is 10.6 Å². The third-order valence-electron chi connectivity index (χ3n) is 3.41. The zero-order valence-electron chi connectivity index (χ0n) is 15.7. The van der Waals surface area contributed by atoms with Crippen LogP contribution in [0.1, 0.15) is 40.0 Å². The number of carboxylic acid groups (broad SMARTS) is 1. The summed E-state index contributed by atoms with van der Waals surface area (Å²) in [5.74, 6) is -1.76. The van der Waals surface area contributed by atoms with Crippen molar-refractivity contribution in [1.29, 1.82) is 0 Å². The summed E-state index contributed by atoms with van der Waals surface area (Å²) in [5, 5.41) is 13.8. The van der Waals surface area contributed by atoms with Gasteiger partial charge < -0.3 is 25.2 Å². The Balaban J connectivity index is 3.61. The lowest BCUT2D eigenvalue weighted by Gasteiger charge is -2.13. The number of hydrogen-bond acceptors (Lipinski definition) is 6. The van der Waals surface area contributed by atoms with E-state index in [1.807, 2.05) is 13.8 Å². The number of ketones is 1. The maximum absolute atomic E-state index is 11.6. The van der Waals surface area contributed by atoms with Crippen molar-refractivity contribution < 1.29 is 33.8 Å². The largest absolute Gasteiger partial charge is 0.480 e. The molecule has 0 aromatic carbocycles. The van der Waals surface area contributed by atoms with E-state index < -0.39 is 17.9 Å². The molecular weight excluding hydrogens is 344 g/mol. The van der Waals surface area contributed by atoms with E-state index >= 15 is 0 Å². The van der Waals surface area contributed by atoms with Gasteiger partial charge in [0.15, 0.2) is 0 Å². The maximum Gasteiger partial charge on any atom is 0.326 e. The summed E-state index contributed by atoms with van der Waals surface area (Å²) >= 11 is 0. The average Bonchev–Trinajstić information content (AvgIpc) is 2.56. The van der Waals surface area contributed by atoms with Crippen LogP contribution >= 0.6 is 0 Å². The maximum atomic E-state index is 11.6. The summed E-state index contributed by atoms with van der Waals surface area (Å²) in [6, 6.07) is -1.07. The second-order valence-corrected chi connectivity index (χ2v) is 6.08. The molecule has 0 heterocycles. The highest BCUT2D eigenvalue weighted by Gasteiger charge is 2.19. The van der Waals surface area contributed by atoms with Crippen LogP contribution in [-0.4, -0.2) is 67.7 Å². The molecule has 0 unspecified atom stereocenters. The van der Waals surface area contributed by atoms with Crippen LogP contribution in [0.15, 0.2) is 0 Å². The average molecular weight is 374 g/mol. The fraction of sp³-hybridized carbons (Fsp3) is 0.765. The third kappa shape index (κ3) is 13.3. The van der Waals surface area contributed by atoms with Crippen LogP contribution in [0.4, 0.5) is 0 Å². The van der Waals surface area contributed by atoms with Crippen molar-refractivity contribution in [3.05, 3.63) is 0 Å². The zero-order valence-corrected chi connectivity index (χ0v) is 15.7. The van der Waals surface area contributed by atoms with Gasteiger partial charge in [0.1, 0.15) is 11.8 Å². The molecule has 0 saturated heterocycles. The fourth-order valence-electron chi connectivity index (χ4n) is 1.91. The predicted molar refractivity (Wildman–Crippen MR) is 93.6 cm³/mol. The molecule has 0 aliphatic rings. The van der Waals surface area contributed by atoms with Crippen LogP contribution in [0.25, 0.3) is 0 Å². The first-order chi connectivity index (χ1) is 12.2. The van der Waals surface area contributed by atoms with Gasteiger partial charge in [0.2, 0.25) is 11.8 Å². The molecule has 0 spiro atoms. The zero-order chi connectivity index (χ0) is 19.9. The third-order valence-corrected chi connectivity index (χ3v) is 3.41. The lowest BCUT2D eigenvalue weighted by Crippen LogP contribution is -2.40. The van der Waals surface area contributed by atoms with Gasteiger partial charge in [-0.2, -0.15) is 0 Å². The Labute approximate surface area is 153 Å². The number of Topliss-reactive ketones (excluding diaryl/α,β-unsaturated/α-hetero) is 1. The van der Waals surface area contributed by atoms with E-state index in [1.54, 1.807) is 0 Å². The molecule has 150 valence electrons. The lowest BCUT2D eigenvalue weighted by atomic mass is 10.1. The Morgan fingerprint density at radius 3 is 2.12 bits per heavy atom. The molecular formula is C17H30N2O7. The molecule has 0 saturated carbocycles. The molecule has 26 heavy (non-hydrogen) atoms. The minimum absolute atomic E-state index is 0.00968. The molecule has 9 heteroatoms. The van der Waals surface area contributed by atoms with Crippen molar-refractivity contribution in [3.63, 3.8) is 0 Å². The number of nitrogens with one attached hydrogen (secondary N) is 2. The summed E-state index contributed by atoms with van der Waals surface area (Å²) in [6.45, 7) is 6.61. The Morgan fingerprint density at radius 1 is 0.962 bits per heavy atom. The summed E-state index contributed by atoms with van der Waals surface area (Å²) in [6.07, 6.45) is 0.401. The van der Waals surface area contributed by atoms with Crippen molar-refractivity contribution in [2.45, 2.75) is 46.1 Å². The Bertz CT molecular complexity index is 466. The molecule has 0 fully saturated rings. The van der Waals surface area contributed by atoms with Gasteiger partial charge in [0, 0.05) is 32.2 Å². The van der Waals surface area contributed by atoms with Gasteiger partial charge in [-0.3, -0.25) is 14.4 Å². The van der Waals surface area contributed by atoms with Gasteiger partial charge in [-0.15, -0.1) is 0 Å². The SMILES string of the molecule is CC(=O)N[C@@H](CCC(=O)NCCOCCOCCC(=O)C(C)C)C(=O)O. The molecule has 0 aliphatic carbocycles. The molecule has 0 rings (SSSR count). The van der Waals surface area contributed by atoms with Crippen molar-refractivity contribution >= 4 is 23.6 Å². The van der Waals surface area contributed by atoms with Gasteiger partial charge in [0.05, 0.1) is 26.4 Å². The van der Waals surface area contributed by atoms with E-state index in [4.69, 9.17) is 14.6 Å². The van der Waals surface area contributed by atoms with Crippen LogP contribution < -0.4 is 10.6 Å². The normalized spacial score (nSPS) is 11.8. The van der Waals surface area contributed by atoms with Gasteiger partial charge >= 0.3 is 5.97 Å². The lowest BCUT2D eigenvalue weighted by molar-refractivity contribution is -0.141. The highest BCUT2D eigenvalue weighted by molar-refractivity contribution is 5.83. The number of carboxylic acids is 1. The molecule has 2 amide bonds. The van der Waals surface area contributed by atoms with Gasteiger partial charge in [-0.05, 0) is 6.42 Å². The van der Waals surface area contributed by atoms with Crippen LogP contribution in [0, 0.1) is 5.92 Å². The monoisotopic (exact) mass is 374 g/mol.